The number of hydrogen-bond acceptors (Lipinski definition) is 5. The van der Waals surface area contributed by atoms with E-state index in [4.69, 9.17) is 15.5 Å². The van der Waals surface area contributed by atoms with Gasteiger partial charge in [0, 0.05) is 37.7 Å². The van der Waals surface area contributed by atoms with Gasteiger partial charge in [0.05, 0.1) is 24.0 Å². The van der Waals surface area contributed by atoms with E-state index in [0.29, 0.717) is 19.5 Å². The third-order valence-corrected chi connectivity index (χ3v) is 5.84. The number of hydrogen-bond donors (Lipinski definition) is 1. The molecular formula is C27H36FN5O2. The van der Waals surface area contributed by atoms with Crippen molar-refractivity contribution in [2.75, 3.05) is 26.9 Å². The lowest BCUT2D eigenvalue weighted by molar-refractivity contribution is -0.140. The van der Waals surface area contributed by atoms with Crippen LogP contribution < -0.4 is 5.73 Å². The van der Waals surface area contributed by atoms with E-state index in [9.17, 15) is 9.18 Å². The van der Waals surface area contributed by atoms with Crippen LogP contribution in [0.2, 0.25) is 0 Å². The number of aromatic nitrogens is 3. The summed E-state index contributed by atoms with van der Waals surface area (Å²) in [5.74, 6) is 0.549. The van der Waals surface area contributed by atoms with Crippen molar-refractivity contribution in [1.29, 1.82) is 0 Å². The minimum Gasteiger partial charge on any atom is -0.375 e. The molecule has 188 valence electrons. The lowest BCUT2D eigenvalue weighted by Crippen LogP contribution is -2.45. The molecule has 35 heavy (non-hydrogen) atoms. The van der Waals surface area contributed by atoms with Crippen LogP contribution in [0.5, 0.6) is 0 Å². The van der Waals surface area contributed by atoms with Crippen LogP contribution in [0.15, 0.2) is 60.9 Å². The normalized spacial score (nSPS) is 13.4. The largest absolute Gasteiger partial charge is 0.375 e. The molecule has 3 rings (SSSR count). The Morgan fingerprint density at radius 3 is 2.49 bits per heavy atom. The first-order valence-corrected chi connectivity index (χ1v) is 11.9. The van der Waals surface area contributed by atoms with Crippen molar-refractivity contribution in [1.82, 2.24) is 19.4 Å². The first kappa shape index (κ1) is 26.5. The highest BCUT2D eigenvalue weighted by atomic mass is 19.1. The average molecular weight is 482 g/mol. The molecule has 2 N–H and O–H groups in total. The van der Waals surface area contributed by atoms with E-state index in [2.05, 4.69) is 30.3 Å². The molecule has 0 radical (unpaired) electrons. The van der Waals surface area contributed by atoms with Gasteiger partial charge in [0.2, 0.25) is 5.91 Å². The fourth-order valence-corrected chi connectivity index (χ4v) is 4.17. The lowest BCUT2D eigenvalue weighted by atomic mass is 9.84. The number of pyridine rings is 1. The van der Waals surface area contributed by atoms with Gasteiger partial charge in [-0.15, -0.1) is 0 Å². The molecule has 0 fully saturated rings. The molecule has 0 aliphatic rings. The molecule has 1 unspecified atom stereocenters. The number of amides is 1. The van der Waals surface area contributed by atoms with Crippen LogP contribution in [-0.4, -0.2) is 58.3 Å². The number of carbonyl (C=O) groups excluding carboxylic acids is 1. The Kier molecular flexibility index (Phi) is 9.12. The van der Waals surface area contributed by atoms with E-state index in [1.807, 2.05) is 54.7 Å². The van der Waals surface area contributed by atoms with E-state index in [0.717, 1.165) is 22.8 Å². The van der Waals surface area contributed by atoms with Crippen molar-refractivity contribution in [3.63, 3.8) is 0 Å². The van der Waals surface area contributed by atoms with E-state index in [1.54, 1.807) is 11.1 Å². The molecule has 2 heterocycles. The highest BCUT2D eigenvalue weighted by Gasteiger charge is 2.38. The standard InChI is InChI=1S/C27H36FN5O2/c1-27(2,3)25(33(24(34)19-35-4)15-13-21(29)16-28)26-31-23(20-10-6-5-7-11-20)18-32(26)17-22-12-8-9-14-30-22/h5-12,14,18,21,25H,13,15-17,19,29H2,1-4H3/t21?,25-/m0/s1. The second-order valence-corrected chi connectivity index (χ2v) is 9.79. The monoisotopic (exact) mass is 481 g/mol. The molecule has 1 aromatic carbocycles. The third kappa shape index (κ3) is 6.96. The summed E-state index contributed by atoms with van der Waals surface area (Å²) in [6.07, 6.45) is 4.10. The number of halogens is 1. The summed E-state index contributed by atoms with van der Waals surface area (Å²) in [5.41, 5.74) is 8.17. The van der Waals surface area contributed by atoms with Crippen molar-refractivity contribution in [2.24, 2.45) is 11.1 Å². The molecule has 0 aliphatic heterocycles. The van der Waals surface area contributed by atoms with Crippen molar-refractivity contribution in [3.05, 3.63) is 72.4 Å². The van der Waals surface area contributed by atoms with E-state index >= 15 is 0 Å². The minimum absolute atomic E-state index is 0.0794. The number of rotatable bonds is 11. The van der Waals surface area contributed by atoms with Crippen LogP contribution in [-0.2, 0) is 16.1 Å². The second kappa shape index (κ2) is 12.0. The van der Waals surface area contributed by atoms with Crippen LogP contribution in [0.25, 0.3) is 11.3 Å². The maximum atomic E-state index is 13.3. The fourth-order valence-electron chi connectivity index (χ4n) is 4.17. The maximum Gasteiger partial charge on any atom is 0.249 e. The van der Waals surface area contributed by atoms with Gasteiger partial charge in [-0.25, -0.2) is 9.37 Å². The molecule has 2 aromatic heterocycles. The van der Waals surface area contributed by atoms with Gasteiger partial charge in [-0.3, -0.25) is 9.78 Å². The van der Waals surface area contributed by atoms with Gasteiger partial charge in [0.15, 0.2) is 0 Å². The first-order valence-electron chi connectivity index (χ1n) is 11.9. The topological polar surface area (TPSA) is 86.3 Å². The maximum absolute atomic E-state index is 13.3. The van der Waals surface area contributed by atoms with Gasteiger partial charge in [0.25, 0.3) is 0 Å². The van der Waals surface area contributed by atoms with Crippen molar-refractivity contribution in [2.45, 2.75) is 45.8 Å². The Morgan fingerprint density at radius 2 is 1.89 bits per heavy atom. The van der Waals surface area contributed by atoms with Gasteiger partial charge in [-0.1, -0.05) is 57.2 Å². The summed E-state index contributed by atoms with van der Waals surface area (Å²) in [4.78, 5) is 24.6. The molecule has 2 atom stereocenters. The number of methoxy groups -OCH3 is 1. The molecule has 1 amide bonds. The number of alkyl halides is 1. The Morgan fingerprint density at radius 1 is 1.17 bits per heavy atom. The third-order valence-electron chi connectivity index (χ3n) is 5.84. The molecule has 0 spiro atoms. The predicted molar refractivity (Wildman–Crippen MR) is 135 cm³/mol. The highest BCUT2D eigenvalue weighted by Crippen LogP contribution is 2.39. The molecule has 0 saturated heterocycles. The Hall–Kier alpha value is -3.10. The smallest absolute Gasteiger partial charge is 0.249 e. The van der Waals surface area contributed by atoms with Crippen molar-refractivity contribution < 1.29 is 13.9 Å². The van der Waals surface area contributed by atoms with Crippen LogP contribution in [0.4, 0.5) is 4.39 Å². The van der Waals surface area contributed by atoms with E-state index in [-0.39, 0.29) is 17.9 Å². The average Bonchev–Trinajstić information content (AvgIpc) is 3.24. The SMILES string of the molecule is COCC(=O)N(CCC(N)CF)[C@@H](c1nc(-c2ccccc2)cn1Cc1ccccn1)C(C)(C)C. The molecule has 0 aliphatic carbocycles. The summed E-state index contributed by atoms with van der Waals surface area (Å²) < 4.78 is 20.4. The number of benzene rings is 1. The van der Waals surface area contributed by atoms with Gasteiger partial charge in [-0.05, 0) is 24.0 Å². The zero-order chi connectivity index (χ0) is 25.4. The number of imidazole rings is 1. The molecule has 8 heteroatoms. The van der Waals surface area contributed by atoms with Crippen LogP contribution in [0.1, 0.15) is 44.8 Å². The first-order chi connectivity index (χ1) is 16.7. The highest BCUT2D eigenvalue weighted by molar-refractivity contribution is 5.78. The second-order valence-electron chi connectivity index (χ2n) is 9.79. The minimum atomic E-state index is -0.640. The van der Waals surface area contributed by atoms with Crippen LogP contribution >= 0.6 is 0 Å². The van der Waals surface area contributed by atoms with Gasteiger partial charge in [0.1, 0.15) is 19.1 Å². The number of ether oxygens (including phenoxy) is 1. The number of nitrogens with two attached hydrogens (primary N) is 1. The fraction of sp³-hybridized carbons (Fsp3) is 0.444. The number of nitrogens with zero attached hydrogens (tertiary/aromatic N) is 4. The zero-order valence-corrected chi connectivity index (χ0v) is 21.0. The lowest BCUT2D eigenvalue weighted by Gasteiger charge is -2.40. The molecular weight excluding hydrogens is 445 g/mol. The van der Waals surface area contributed by atoms with E-state index < -0.39 is 18.8 Å². The summed E-state index contributed by atoms with van der Waals surface area (Å²) in [5, 5.41) is 0. The quantitative estimate of drug-likeness (QED) is 0.443. The Bertz CT molecular complexity index is 1070. The zero-order valence-electron chi connectivity index (χ0n) is 21.0. The summed E-state index contributed by atoms with van der Waals surface area (Å²) in [6, 6.07) is 14.7. The van der Waals surface area contributed by atoms with Crippen LogP contribution in [0, 0.1) is 5.41 Å². The van der Waals surface area contributed by atoms with Crippen LogP contribution in [0.3, 0.4) is 0 Å². The Balaban J connectivity index is 2.13. The van der Waals surface area contributed by atoms with Crippen molar-refractivity contribution in [3.8, 4) is 11.3 Å². The van der Waals surface area contributed by atoms with Gasteiger partial charge in [-0.2, -0.15) is 0 Å². The number of carbonyl (C=O) groups is 1. The Labute approximate surface area is 207 Å². The van der Waals surface area contributed by atoms with Crippen molar-refractivity contribution >= 4 is 5.91 Å². The van der Waals surface area contributed by atoms with Gasteiger partial charge < -0.3 is 19.9 Å². The molecule has 3 aromatic rings. The molecule has 0 bridgehead atoms. The summed E-state index contributed by atoms with van der Waals surface area (Å²) >= 11 is 0. The van der Waals surface area contributed by atoms with E-state index in [1.165, 1.54) is 7.11 Å². The summed E-state index contributed by atoms with van der Waals surface area (Å²) in [7, 11) is 1.49. The molecule has 0 saturated carbocycles. The van der Waals surface area contributed by atoms with Gasteiger partial charge >= 0.3 is 0 Å². The summed E-state index contributed by atoms with van der Waals surface area (Å²) in [6.45, 7) is 6.29. The molecule has 7 nitrogen and oxygen atoms in total. The predicted octanol–water partition coefficient (Wildman–Crippen LogP) is 4.24.